The molecule has 0 aromatic carbocycles. The Morgan fingerprint density at radius 2 is 2.00 bits per heavy atom. The predicted octanol–water partition coefficient (Wildman–Crippen LogP) is 2.64. The van der Waals surface area contributed by atoms with Gasteiger partial charge in [-0.25, -0.2) is 0 Å². The summed E-state index contributed by atoms with van der Waals surface area (Å²) >= 11 is 1.86. The van der Waals surface area contributed by atoms with Crippen LogP contribution >= 0.6 is 11.3 Å². The fraction of sp³-hybridized carbons (Fsp3) is 0.588. The summed E-state index contributed by atoms with van der Waals surface area (Å²) in [6.45, 7) is 6.81. The SMILES string of the molecule is Cn1nc(CN2CCCC2)c2c1CN(Cc1cccs1)CC2. The molecule has 2 aromatic rings. The van der Waals surface area contributed by atoms with Crippen LogP contribution in [0.5, 0.6) is 0 Å². The summed E-state index contributed by atoms with van der Waals surface area (Å²) in [6.07, 6.45) is 3.85. The zero-order valence-corrected chi connectivity index (χ0v) is 14.1. The fourth-order valence-electron chi connectivity index (χ4n) is 3.75. The average Bonchev–Trinajstić information content (AvgIpc) is 3.24. The molecule has 2 aliphatic heterocycles. The molecule has 0 amide bonds. The maximum atomic E-state index is 4.84. The van der Waals surface area contributed by atoms with Crippen molar-refractivity contribution in [3.8, 4) is 0 Å². The first kappa shape index (κ1) is 14.4. The first-order chi connectivity index (χ1) is 10.8. The summed E-state index contributed by atoms with van der Waals surface area (Å²) in [5.74, 6) is 0. The van der Waals surface area contributed by atoms with Gasteiger partial charge in [0.25, 0.3) is 0 Å². The van der Waals surface area contributed by atoms with E-state index in [1.165, 1.54) is 47.8 Å². The summed E-state index contributed by atoms with van der Waals surface area (Å²) in [6, 6.07) is 4.38. The van der Waals surface area contributed by atoms with Gasteiger partial charge in [0.05, 0.1) is 11.4 Å². The lowest BCUT2D eigenvalue weighted by molar-refractivity contribution is 0.240. The molecular weight excluding hydrogens is 292 g/mol. The first-order valence-electron chi connectivity index (χ1n) is 8.30. The second-order valence-corrected chi connectivity index (χ2v) is 7.55. The number of thiophene rings is 1. The molecule has 118 valence electrons. The van der Waals surface area contributed by atoms with E-state index in [1.54, 1.807) is 0 Å². The van der Waals surface area contributed by atoms with Gasteiger partial charge in [-0.2, -0.15) is 5.10 Å². The molecule has 0 atom stereocenters. The van der Waals surface area contributed by atoms with Crippen LogP contribution in [0, 0.1) is 0 Å². The molecule has 22 heavy (non-hydrogen) atoms. The van der Waals surface area contributed by atoms with Crippen LogP contribution in [0.15, 0.2) is 17.5 Å². The number of fused-ring (bicyclic) bond motifs is 1. The van der Waals surface area contributed by atoms with Crippen molar-refractivity contribution in [3.63, 3.8) is 0 Å². The molecule has 0 unspecified atom stereocenters. The second-order valence-electron chi connectivity index (χ2n) is 6.52. The largest absolute Gasteiger partial charge is 0.297 e. The minimum absolute atomic E-state index is 1.04. The van der Waals surface area contributed by atoms with Crippen LogP contribution in [0.4, 0.5) is 0 Å². The first-order valence-corrected chi connectivity index (χ1v) is 9.18. The van der Waals surface area contributed by atoms with Crippen molar-refractivity contribution < 1.29 is 0 Å². The summed E-state index contributed by atoms with van der Waals surface area (Å²) in [4.78, 5) is 6.57. The smallest absolute Gasteiger partial charge is 0.0800 e. The van der Waals surface area contributed by atoms with Crippen LogP contribution in [-0.4, -0.2) is 39.2 Å². The number of rotatable bonds is 4. The standard InChI is InChI=1S/C17H24N4S/c1-19-17-13-21(11-14-5-4-10-22-14)9-6-15(17)16(18-19)12-20-7-2-3-8-20/h4-5,10H,2-3,6-9,11-13H2,1H3. The van der Waals surface area contributed by atoms with Crippen LogP contribution in [0.2, 0.25) is 0 Å². The topological polar surface area (TPSA) is 24.3 Å². The van der Waals surface area contributed by atoms with Gasteiger partial charge in [-0.1, -0.05) is 6.07 Å². The fourth-order valence-corrected chi connectivity index (χ4v) is 4.49. The predicted molar refractivity (Wildman–Crippen MR) is 89.9 cm³/mol. The minimum Gasteiger partial charge on any atom is -0.297 e. The summed E-state index contributed by atoms with van der Waals surface area (Å²) < 4.78 is 2.13. The molecule has 0 aliphatic carbocycles. The Hall–Kier alpha value is -1.17. The third kappa shape index (κ3) is 2.85. The van der Waals surface area contributed by atoms with Crippen molar-refractivity contribution in [2.24, 2.45) is 7.05 Å². The third-order valence-electron chi connectivity index (χ3n) is 4.94. The lowest BCUT2D eigenvalue weighted by Gasteiger charge is -2.27. The van der Waals surface area contributed by atoms with Crippen LogP contribution in [-0.2, 0) is 33.1 Å². The molecule has 5 heteroatoms. The van der Waals surface area contributed by atoms with Gasteiger partial charge in [0.2, 0.25) is 0 Å². The second kappa shape index (κ2) is 6.14. The van der Waals surface area contributed by atoms with Crippen LogP contribution < -0.4 is 0 Å². The van der Waals surface area contributed by atoms with Gasteiger partial charge in [-0.15, -0.1) is 11.3 Å². The Bertz CT molecular complexity index is 625. The lowest BCUT2D eigenvalue weighted by atomic mass is 10.0. The Balaban J connectivity index is 1.48. The highest BCUT2D eigenvalue weighted by molar-refractivity contribution is 7.09. The summed E-state index contributed by atoms with van der Waals surface area (Å²) in [5, 5.41) is 7.01. The number of aromatic nitrogens is 2. The highest BCUT2D eigenvalue weighted by Gasteiger charge is 2.25. The Kier molecular flexibility index (Phi) is 4.03. The van der Waals surface area contributed by atoms with E-state index < -0.39 is 0 Å². The Morgan fingerprint density at radius 3 is 2.77 bits per heavy atom. The van der Waals surface area contributed by atoms with Gasteiger partial charge in [0.1, 0.15) is 0 Å². The molecule has 4 nitrogen and oxygen atoms in total. The molecule has 0 saturated carbocycles. The van der Waals surface area contributed by atoms with Crippen molar-refractivity contribution in [2.45, 2.75) is 38.9 Å². The van der Waals surface area contributed by atoms with Gasteiger partial charge in [0.15, 0.2) is 0 Å². The number of hydrogen-bond acceptors (Lipinski definition) is 4. The summed E-state index contributed by atoms with van der Waals surface area (Å²) in [7, 11) is 2.11. The van der Waals surface area contributed by atoms with Gasteiger partial charge >= 0.3 is 0 Å². The van der Waals surface area contributed by atoms with Gasteiger partial charge < -0.3 is 0 Å². The van der Waals surface area contributed by atoms with E-state index >= 15 is 0 Å². The van der Waals surface area contributed by atoms with Crippen molar-refractivity contribution in [1.82, 2.24) is 19.6 Å². The van der Waals surface area contributed by atoms with Crippen molar-refractivity contribution >= 4 is 11.3 Å². The van der Waals surface area contributed by atoms with E-state index in [1.807, 2.05) is 11.3 Å². The molecule has 0 bridgehead atoms. The highest BCUT2D eigenvalue weighted by atomic mass is 32.1. The average molecular weight is 316 g/mol. The van der Waals surface area contributed by atoms with E-state index in [-0.39, 0.29) is 0 Å². The number of likely N-dealkylation sites (tertiary alicyclic amines) is 1. The Labute approximate surface area is 136 Å². The molecule has 4 rings (SSSR count). The normalized spacial score (nSPS) is 19.7. The van der Waals surface area contributed by atoms with Gasteiger partial charge in [0, 0.05) is 43.7 Å². The molecule has 2 aromatic heterocycles. The monoisotopic (exact) mass is 316 g/mol. The van der Waals surface area contributed by atoms with E-state index in [2.05, 4.69) is 39.0 Å². The van der Waals surface area contributed by atoms with Gasteiger partial charge in [-0.3, -0.25) is 14.5 Å². The molecule has 0 spiro atoms. The Morgan fingerprint density at radius 1 is 1.14 bits per heavy atom. The van der Waals surface area contributed by atoms with Crippen molar-refractivity contribution in [1.29, 1.82) is 0 Å². The number of nitrogens with zero attached hydrogens (tertiary/aromatic N) is 4. The number of hydrogen-bond donors (Lipinski definition) is 0. The molecule has 0 radical (unpaired) electrons. The summed E-state index contributed by atoms with van der Waals surface area (Å²) in [5.41, 5.74) is 4.28. The van der Waals surface area contributed by atoms with Crippen molar-refractivity contribution in [3.05, 3.63) is 39.3 Å². The molecular formula is C17H24N4S. The maximum Gasteiger partial charge on any atom is 0.0800 e. The molecule has 4 heterocycles. The van der Waals surface area contributed by atoms with E-state index in [4.69, 9.17) is 5.10 Å². The molecule has 2 aliphatic rings. The maximum absolute atomic E-state index is 4.84. The zero-order chi connectivity index (χ0) is 14.9. The van der Waals surface area contributed by atoms with Crippen LogP contribution in [0.1, 0.15) is 34.7 Å². The highest BCUT2D eigenvalue weighted by Crippen LogP contribution is 2.25. The zero-order valence-electron chi connectivity index (χ0n) is 13.3. The van der Waals surface area contributed by atoms with Crippen LogP contribution in [0.3, 0.4) is 0 Å². The van der Waals surface area contributed by atoms with E-state index in [0.29, 0.717) is 0 Å². The van der Waals surface area contributed by atoms with E-state index in [0.717, 1.165) is 32.6 Å². The van der Waals surface area contributed by atoms with E-state index in [9.17, 15) is 0 Å². The minimum atomic E-state index is 1.04. The van der Waals surface area contributed by atoms with Crippen molar-refractivity contribution in [2.75, 3.05) is 19.6 Å². The molecule has 0 N–H and O–H groups in total. The molecule has 1 saturated heterocycles. The quantitative estimate of drug-likeness (QED) is 0.867. The lowest BCUT2D eigenvalue weighted by Crippen LogP contribution is -2.31. The number of aryl methyl sites for hydroxylation is 1. The van der Waals surface area contributed by atoms with Crippen LogP contribution in [0.25, 0.3) is 0 Å². The molecule has 1 fully saturated rings. The third-order valence-corrected chi connectivity index (χ3v) is 5.80. The van der Waals surface area contributed by atoms with Gasteiger partial charge in [-0.05, 0) is 43.8 Å².